The maximum absolute atomic E-state index is 12.2. The van der Waals surface area contributed by atoms with Gasteiger partial charge in [-0.2, -0.15) is 5.26 Å². The van der Waals surface area contributed by atoms with E-state index < -0.39 is 5.41 Å². The van der Waals surface area contributed by atoms with Crippen LogP contribution in [0.3, 0.4) is 0 Å². The van der Waals surface area contributed by atoms with Crippen molar-refractivity contribution in [1.29, 1.82) is 5.26 Å². The Morgan fingerprint density at radius 3 is 2.50 bits per heavy atom. The summed E-state index contributed by atoms with van der Waals surface area (Å²) in [7, 11) is 0. The number of carbonyl (C=O) groups is 1. The molecule has 4 heteroatoms. The number of nitriles is 1. The number of benzene rings is 1. The molecule has 0 radical (unpaired) electrons. The van der Waals surface area contributed by atoms with Gasteiger partial charge in [-0.15, -0.1) is 0 Å². The van der Waals surface area contributed by atoms with Gasteiger partial charge in [-0.1, -0.05) is 29.8 Å². The third kappa shape index (κ3) is 2.91. The van der Waals surface area contributed by atoms with Crippen LogP contribution < -0.4 is 5.32 Å². The first kappa shape index (κ1) is 14.7. The molecular formula is C14H17BrN2O. The van der Waals surface area contributed by atoms with Crippen molar-refractivity contribution >= 4 is 27.5 Å². The van der Waals surface area contributed by atoms with Gasteiger partial charge in [0, 0.05) is 10.2 Å². The van der Waals surface area contributed by atoms with Gasteiger partial charge in [-0.3, -0.25) is 4.79 Å². The number of halogens is 1. The summed E-state index contributed by atoms with van der Waals surface area (Å²) in [4.78, 5) is 12.2. The van der Waals surface area contributed by atoms with Crippen LogP contribution in [0.2, 0.25) is 0 Å². The maximum Gasteiger partial charge on any atom is 0.244 e. The molecule has 0 aliphatic rings. The van der Waals surface area contributed by atoms with Crippen LogP contribution in [-0.4, -0.2) is 5.91 Å². The quantitative estimate of drug-likeness (QED) is 0.913. The Morgan fingerprint density at radius 2 is 2.06 bits per heavy atom. The highest BCUT2D eigenvalue weighted by Crippen LogP contribution is 2.28. The third-order valence-electron chi connectivity index (χ3n) is 3.27. The van der Waals surface area contributed by atoms with E-state index in [0.717, 1.165) is 15.7 Å². The van der Waals surface area contributed by atoms with Crippen molar-refractivity contribution in [3.63, 3.8) is 0 Å². The molecule has 0 saturated carbocycles. The van der Waals surface area contributed by atoms with Gasteiger partial charge in [-0.25, -0.2) is 0 Å². The number of anilines is 1. The van der Waals surface area contributed by atoms with Gasteiger partial charge >= 0.3 is 0 Å². The number of nitrogens with one attached hydrogen (secondary N) is 1. The SMILES string of the molecule is CCC(C#N)(CC)C(=O)Nc1ccc(Br)c(C)c1. The first-order valence-electron chi connectivity index (χ1n) is 5.98. The lowest BCUT2D eigenvalue weighted by molar-refractivity contribution is -0.123. The summed E-state index contributed by atoms with van der Waals surface area (Å²) < 4.78 is 0.998. The van der Waals surface area contributed by atoms with Crippen molar-refractivity contribution in [2.24, 2.45) is 5.41 Å². The summed E-state index contributed by atoms with van der Waals surface area (Å²) in [6.07, 6.45) is 1.03. The van der Waals surface area contributed by atoms with Crippen LogP contribution in [0.5, 0.6) is 0 Å². The van der Waals surface area contributed by atoms with E-state index in [1.54, 1.807) is 0 Å². The zero-order valence-corrected chi connectivity index (χ0v) is 12.5. The smallest absolute Gasteiger partial charge is 0.244 e. The Balaban J connectivity index is 2.94. The summed E-state index contributed by atoms with van der Waals surface area (Å²) in [5.41, 5.74) is 0.839. The molecule has 18 heavy (non-hydrogen) atoms. The van der Waals surface area contributed by atoms with Gasteiger partial charge in [-0.05, 0) is 43.5 Å². The molecule has 0 heterocycles. The number of hydrogen-bond donors (Lipinski definition) is 1. The fourth-order valence-corrected chi connectivity index (χ4v) is 2.00. The van der Waals surface area contributed by atoms with Crippen molar-refractivity contribution in [3.05, 3.63) is 28.2 Å². The average Bonchev–Trinajstić information content (AvgIpc) is 2.37. The van der Waals surface area contributed by atoms with E-state index in [1.165, 1.54) is 0 Å². The van der Waals surface area contributed by atoms with Gasteiger partial charge in [0.2, 0.25) is 5.91 Å². The van der Waals surface area contributed by atoms with Crippen molar-refractivity contribution in [1.82, 2.24) is 0 Å². The van der Waals surface area contributed by atoms with Crippen LogP contribution in [0.25, 0.3) is 0 Å². The molecule has 1 aromatic carbocycles. The largest absolute Gasteiger partial charge is 0.325 e. The van der Waals surface area contributed by atoms with E-state index in [9.17, 15) is 10.1 Å². The minimum atomic E-state index is -0.930. The van der Waals surface area contributed by atoms with Crippen molar-refractivity contribution < 1.29 is 4.79 Å². The number of hydrogen-bond acceptors (Lipinski definition) is 2. The fourth-order valence-electron chi connectivity index (χ4n) is 1.75. The lowest BCUT2D eigenvalue weighted by Gasteiger charge is -2.22. The summed E-state index contributed by atoms with van der Waals surface area (Å²) >= 11 is 3.41. The molecule has 0 spiro atoms. The van der Waals surface area contributed by atoms with Crippen LogP contribution in [0.4, 0.5) is 5.69 Å². The first-order valence-corrected chi connectivity index (χ1v) is 6.77. The van der Waals surface area contributed by atoms with Crippen molar-refractivity contribution in [2.75, 3.05) is 5.32 Å². The molecule has 0 aromatic heterocycles. The molecule has 1 N–H and O–H groups in total. The summed E-state index contributed by atoms with van der Waals surface area (Å²) in [6.45, 7) is 5.68. The van der Waals surface area contributed by atoms with Gasteiger partial charge < -0.3 is 5.32 Å². The van der Waals surface area contributed by atoms with Crippen molar-refractivity contribution in [2.45, 2.75) is 33.6 Å². The number of nitrogens with zero attached hydrogens (tertiary/aromatic N) is 1. The standard InChI is InChI=1S/C14H17BrN2O/c1-4-14(5-2,9-16)13(18)17-11-6-7-12(15)10(3)8-11/h6-8H,4-5H2,1-3H3,(H,17,18). The molecule has 0 unspecified atom stereocenters. The summed E-state index contributed by atoms with van der Waals surface area (Å²) in [6, 6.07) is 7.73. The molecule has 0 fully saturated rings. The molecule has 1 rings (SSSR count). The Hall–Kier alpha value is -1.34. The Labute approximate surface area is 116 Å². The molecule has 0 saturated heterocycles. The minimum Gasteiger partial charge on any atom is -0.325 e. The second-order valence-corrected chi connectivity index (χ2v) is 5.17. The summed E-state index contributed by atoms with van der Waals surface area (Å²) in [5, 5.41) is 12.0. The maximum atomic E-state index is 12.2. The number of aryl methyl sites for hydroxylation is 1. The molecular weight excluding hydrogens is 292 g/mol. The van der Waals surface area contributed by atoms with E-state index in [0.29, 0.717) is 12.8 Å². The normalized spacial score (nSPS) is 10.8. The van der Waals surface area contributed by atoms with Gasteiger partial charge in [0.05, 0.1) is 6.07 Å². The van der Waals surface area contributed by atoms with Crippen LogP contribution in [0.1, 0.15) is 32.3 Å². The molecule has 0 atom stereocenters. The summed E-state index contributed by atoms with van der Waals surface area (Å²) in [5.74, 6) is -0.225. The Morgan fingerprint density at radius 1 is 1.44 bits per heavy atom. The minimum absolute atomic E-state index is 0.225. The predicted octanol–water partition coefficient (Wildman–Crippen LogP) is 4.03. The highest BCUT2D eigenvalue weighted by Gasteiger charge is 2.34. The zero-order valence-electron chi connectivity index (χ0n) is 10.9. The van der Waals surface area contributed by atoms with Gasteiger partial charge in [0.1, 0.15) is 5.41 Å². The average molecular weight is 309 g/mol. The van der Waals surface area contributed by atoms with Crippen molar-refractivity contribution in [3.8, 4) is 6.07 Å². The molecule has 96 valence electrons. The zero-order chi connectivity index (χ0) is 13.8. The highest BCUT2D eigenvalue weighted by molar-refractivity contribution is 9.10. The number of amides is 1. The molecule has 1 aromatic rings. The molecule has 0 bridgehead atoms. The number of carbonyl (C=O) groups excluding carboxylic acids is 1. The lowest BCUT2D eigenvalue weighted by atomic mass is 9.83. The first-order chi connectivity index (χ1) is 8.49. The van der Waals surface area contributed by atoms with Crippen LogP contribution in [0, 0.1) is 23.7 Å². The van der Waals surface area contributed by atoms with E-state index in [-0.39, 0.29) is 5.91 Å². The van der Waals surface area contributed by atoms with E-state index in [1.807, 2.05) is 39.0 Å². The van der Waals surface area contributed by atoms with E-state index in [4.69, 9.17) is 0 Å². The molecule has 3 nitrogen and oxygen atoms in total. The third-order valence-corrected chi connectivity index (χ3v) is 4.16. The van der Waals surface area contributed by atoms with E-state index >= 15 is 0 Å². The Kier molecular flexibility index (Phi) is 4.92. The predicted molar refractivity (Wildman–Crippen MR) is 76.1 cm³/mol. The van der Waals surface area contributed by atoms with Crippen LogP contribution >= 0.6 is 15.9 Å². The molecule has 0 aliphatic heterocycles. The van der Waals surface area contributed by atoms with Gasteiger partial charge in [0.15, 0.2) is 0 Å². The van der Waals surface area contributed by atoms with E-state index in [2.05, 4.69) is 27.3 Å². The lowest BCUT2D eigenvalue weighted by Crippen LogP contribution is -2.33. The van der Waals surface area contributed by atoms with Crippen LogP contribution in [0.15, 0.2) is 22.7 Å². The highest BCUT2D eigenvalue weighted by atomic mass is 79.9. The fraction of sp³-hybridized carbons (Fsp3) is 0.429. The molecule has 0 aliphatic carbocycles. The second kappa shape index (κ2) is 6.01. The topological polar surface area (TPSA) is 52.9 Å². The monoisotopic (exact) mass is 308 g/mol. The molecule has 1 amide bonds. The van der Waals surface area contributed by atoms with Crippen LogP contribution in [-0.2, 0) is 4.79 Å². The second-order valence-electron chi connectivity index (χ2n) is 4.32. The Bertz CT molecular complexity index is 487. The van der Waals surface area contributed by atoms with Gasteiger partial charge in [0.25, 0.3) is 0 Å². The number of rotatable bonds is 4.